The Bertz CT molecular complexity index is 198. The molecule has 0 aromatic carbocycles. The van der Waals surface area contributed by atoms with Crippen molar-refractivity contribution in [3.05, 3.63) is 0 Å². The summed E-state index contributed by atoms with van der Waals surface area (Å²) in [5.41, 5.74) is 0. The van der Waals surface area contributed by atoms with Gasteiger partial charge in [-0.05, 0) is 0 Å². The number of carboxylic acid groups (broad SMARTS) is 1. The van der Waals surface area contributed by atoms with Crippen LogP contribution in [0.4, 0.5) is 0 Å². The van der Waals surface area contributed by atoms with Crippen LogP contribution in [0.3, 0.4) is 0 Å². The van der Waals surface area contributed by atoms with Gasteiger partial charge in [-0.2, -0.15) is 0 Å². The molecule has 12 heavy (non-hydrogen) atoms. The van der Waals surface area contributed by atoms with Crippen LogP contribution in [0.25, 0.3) is 0 Å². The lowest BCUT2D eigenvalue weighted by Crippen LogP contribution is -2.31. The third-order valence-corrected chi connectivity index (χ3v) is 1.17. The van der Waals surface area contributed by atoms with E-state index >= 15 is 0 Å². The third kappa shape index (κ3) is 3.22. The second kappa shape index (κ2) is 4.58. The predicted octanol–water partition coefficient (Wildman–Crippen LogP) is -2.05. The summed E-state index contributed by atoms with van der Waals surface area (Å²) in [6.45, 7) is 0. The van der Waals surface area contributed by atoms with Crippen molar-refractivity contribution in [2.24, 2.45) is 0 Å². The molecule has 0 spiro atoms. The van der Waals surface area contributed by atoms with Crippen molar-refractivity contribution in [2.45, 2.75) is 18.6 Å². The SMILES string of the molecule is O=C[C@@H](O)[C@@H](O)CC(=O)C(=O)O. The van der Waals surface area contributed by atoms with Crippen LogP contribution in [-0.2, 0) is 14.4 Å². The fourth-order valence-corrected chi connectivity index (χ4v) is 0.489. The summed E-state index contributed by atoms with van der Waals surface area (Å²) in [6, 6.07) is 0. The molecule has 0 saturated heterocycles. The van der Waals surface area contributed by atoms with Gasteiger partial charge in [-0.1, -0.05) is 0 Å². The first-order valence-electron chi connectivity index (χ1n) is 3.06. The first-order valence-corrected chi connectivity index (χ1v) is 3.06. The maximum Gasteiger partial charge on any atom is 0.372 e. The number of carbonyl (C=O) groups is 3. The second-order valence-electron chi connectivity index (χ2n) is 2.13. The molecule has 6 nitrogen and oxygen atoms in total. The quantitative estimate of drug-likeness (QED) is 0.328. The van der Waals surface area contributed by atoms with E-state index in [-0.39, 0.29) is 6.29 Å². The maximum absolute atomic E-state index is 10.4. The van der Waals surface area contributed by atoms with Gasteiger partial charge in [-0.15, -0.1) is 0 Å². The standard InChI is InChI=1S/C6H8O6/c7-2-5(10)3(8)1-4(9)6(11)12/h2-3,5,8,10H,1H2,(H,11,12)/t3-,5+/m0/s1. The molecule has 0 aromatic rings. The van der Waals surface area contributed by atoms with Gasteiger partial charge in [0.05, 0.1) is 6.10 Å². The monoisotopic (exact) mass is 176 g/mol. The minimum Gasteiger partial charge on any atom is -0.475 e. The highest BCUT2D eigenvalue weighted by Gasteiger charge is 2.22. The lowest BCUT2D eigenvalue weighted by Gasteiger charge is -2.09. The van der Waals surface area contributed by atoms with Crippen molar-refractivity contribution in [3.63, 3.8) is 0 Å². The Hall–Kier alpha value is -1.27. The van der Waals surface area contributed by atoms with Gasteiger partial charge in [0.2, 0.25) is 5.78 Å². The summed E-state index contributed by atoms with van der Waals surface area (Å²) >= 11 is 0. The average Bonchev–Trinajstić information content (AvgIpc) is 2.02. The van der Waals surface area contributed by atoms with E-state index in [1.54, 1.807) is 0 Å². The molecule has 0 heterocycles. The molecule has 0 unspecified atom stereocenters. The number of aldehydes is 1. The normalized spacial score (nSPS) is 14.8. The number of carboxylic acids is 1. The van der Waals surface area contributed by atoms with E-state index in [0.717, 1.165) is 0 Å². The van der Waals surface area contributed by atoms with Gasteiger partial charge in [0, 0.05) is 6.42 Å². The van der Waals surface area contributed by atoms with Crippen LogP contribution in [0.2, 0.25) is 0 Å². The number of aliphatic carboxylic acids is 1. The minimum atomic E-state index is -1.71. The number of aliphatic hydroxyl groups is 2. The van der Waals surface area contributed by atoms with Gasteiger partial charge < -0.3 is 20.1 Å². The molecule has 0 fully saturated rings. The Balaban J connectivity index is 4.00. The molecule has 2 atom stereocenters. The molecule has 0 amide bonds. The Morgan fingerprint density at radius 2 is 1.83 bits per heavy atom. The third-order valence-electron chi connectivity index (χ3n) is 1.17. The van der Waals surface area contributed by atoms with Crippen LogP contribution >= 0.6 is 0 Å². The first-order chi connectivity index (χ1) is 5.49. The molecule has 6 heteroatoms. The van der Waals surface area contributed by atoms with Crippen molar-refractivity contribution in [1.29, 1.82) is 0 Å². The zero-order valence-corrected chi connectivity index (χ0v) is 6.01. The molecule has 0 bridgehead atoms. The van der Waals surface area contributed by atoms with Crippen LogP contribution in [0.5, 0.6) is 0 Å². The number of ketones is 1. The Kier molecular flexibility index (Phi) is 4.09. The van der Waals surface area contributed by atoms with E-state index < -0.39 is 30.4 Å². The summed E-state index contributed by atoms with van der Waals surface area (Å²) < 4.78 is 0. The Morgan fingerprint density at radius 3 is 2.17 bits per heavy atom. The van der Waals surface area contributed by atoms with E-state index in [2.05, 4.69) is 0 Å². The van der Waals surface area contributed by atoms with E-state index in [9.17, 15) is 14.4 Å². The second-order valence-corrected chi connectivity index (χ2v) is 2.13. The summed E-state index contributed by atoms with van der Waals surface area (Å²) in [6.07, 6.45) is -4.10. The molecule has 0 aliphatic carbocycles. The molecule has 0 aliphatic rings. The van der Waals surface area contributed by atoms with E-state index in [1.165, 1.54) is 0 Å². The van der Waals surface area contributed by atoms with Gasteiger partial charge in [-0.3, -0.25) is 4.79 Å². The fourth-order valence-electron chi connectivity index (χ4n) is 0.489. The van der Waals surface area contributed by atoms with Gasteiger partial charge >= 0.3 is 5.97 Å². The lowest BCUT2D eigenvalue weighted by molar-refractivity contribution is -0.151. The Labute approximate surface area is 67.4 Å². The van der Waals surface area contributed by atoms with Crippen LogP contribution < -0.4 is 0 Å². The van der Waals surface area contributed by atoms with Gasteiger partial charge in [0.25, 0.3) is 0 Å². The molecular weight excluding hydrogens is 168 g/mol. The van der Waals surface area contributed by atoms with Crippen molar-refractivity contribution in [1.82, 2.24) is 0 Å². The van der Waals surface area contributed by atoms with Gasteiger partial charge in [-0.25, -0.2) is 4.79 Å². The average molecular weight is 176 g/mol. The lowest BCUT2D eigenvalue weighted by atomic mass is 10.1. The zero-order valence-electron chi connectivity index (χ0n) is 6.01. The highest BCUT2D eigenvalue weighted by atomic mass is 16.4. The highest BCUT2D eigenvalue weighted by Crippen LogP contribution is 1.97. The van der Waals surface area contributed by atoms with E-state index in [0.29, 0.717) is 0 Å². The van der Waals surface area contributed by atoms with E-state index in [1.807, 2.05) is 0 Å². The predicted molar refractivity (Wildman–Crippen MR) is 35.3 cm³/mol. The molecular formula is C6H8O6. The minimum absolute atomic E-state index is 0.0276. The van der Waals surface area contributed by atoms with Crippen LogP contribution in [0.1, 0.15) is 6.42 Å². The van der Waals surface area contributed by atoms with Gasteiger partial charge in [0.15, 0.2) is 6.29 Å². The number of aliphatic hydroxyl groups excluding tert-OH is 2. The van der Waals surface area contributed by atoms with Crippen LogP contribution in [-0.4, -0.2) is 45.6 Å². The summed E-state index contributed by atoms with van der Waals surface area (Å²) in [7, 11) is 0. The smallest absolute Gasteiger partial charge is 0.372 e. The molecule has 68 valence electrons. The number of carbonyl (C=O) groups excluding carboxylic acids is 2. The number of Topliss-reactive ketones (excluding diaryl/α,β-unsaturated/α-hetero) is 1. The molecule has 3 N–H and O–H groups in total. The topological polar surface area (TPSA) is 112 Å². The summed E-state index contributed by atoms with van der Waals surface area (Å²) in [4.78, 5) is 30.1. The molecule has 0 aliphatic heterocycles. The Morgan fingerprint density at radius 1 is 1.33 bits per heavy atom. The van der Waals surface area contributed by atoms with Crippen molar-refractivity contribution in [3.8, 4) is 0 Å². The van der Waals surface area contributed by atoms with Crippen molar-refractivity contribution < 1.29 is 29.7 Å². The summed E-state index contributed by atoms with van der Waals surface area (Å²) in [5, 5.41) is 25.4. The zero-order chi connectivity index (χ0) is 9.72. The summed E-state index contributed by atoms with van der Waals surface area (Å²) in [5.74, 6) is -2.95. The largest absolute Gasteiger partial charge is 0.475 e. The molecule has 0 radical (unpaired) electrons. The fraction of sp³-hybridized carbons (Fsp3) is 0.500. The van der Waals surface area contributed by atoms with Crippen molar-refractivity contribution in [2.75, 3.05) is 0 Å². The number of hydrogen-bond acceptors (Lipinski definition) is 5. The van der Waals surface area contributed by atoms with Crippen molar-refractivity contribution >= 4 is 18.0 Å². The molecule has 0 aromatic heterocycles. The molecule has 0 saturated carbocycles. The van der Waals surface area contributed by atoms with Crippen LogP contribution in [0, 0.1) is 0 Å². The van der Waals surface area contributed by atoms with E-state index in [4.69, 9.17) is 15.3 Å². The highest BCUT2D eigenvalue weighted by molar-refractivity contribution is 6.32. The van der Waals surface area contributed by atoms with Gasteiger partial charge in [0.1, 0.15) is 6.10 Å². The van der Waals surface area contributed by atoms with Crippen LogP contribution in [0.15, 0.2) is 0 Å². The maximum atomic E-state index is 10.4. The first kappa shape index (κ1) is 10.7. The number of hydrogen-bond donors (Lipinski definition) is 3. The molecule has 0 rings (SSSR count). The number of rotatable bonds is 5.